The number of carbonyl (C=O) groups is 1. The van der Waals surface area contributed by atoms with E-state index < -0.39 is 0 Å². The van der Waals surface area contributed by atoms with Crippen molar-refractivity contribution in [3.8, 4) is 0 Å². The molecule has 1 unspecified atom stereocenters. The first kappa shape index (κ1) is 13.5. The van der Waals surface area contributed by atoms with E-state index in [1.54, 1.807) is 23.1 Å². The summed E-state index contributed by atoms with van der Waals surface area (Å²) < 4.78 is 13.8. The van der Waals surface area contributed by atoms with Crippen molar-refractivity contribution in [3.63, 3.8) is 0 Å². The molecule has 108 valence electrons. The number of nitrogens with zero attached hydrogens (tertiary/aromatic N) is 2. The van der Waals surface area contributed by atoms with E-state index in [1.165, 1.54) is 6.07 Å². The Hall–Kier alpha value is -1.46. The Balaban J connectivity index is 1.73. The third-order valence-electron chi connectivity index (χ3n) is 4.26. The molecular weight excluding hydrogens is 259 g/mol. The first-order valence-corrected chi connectivity index (χ1v) is 7.15. The van der Waals surface area contributed by atoms with Gasteiger partial charge in [0.2, 0.25) is 5.91 Å². The van der Waals surface area contributed by atoms with Crippen LogP contribution in [0.1, 0.15) is 19.3 Å². The molecule has 2 heterocycles. The average Bonchev–Trinajstić information content (AvgIpc) is 2.82. The van der Waals surface area contributed by atoms with Crippen LogP contribution in [0.3, 0.4) is 0 Å². The number of para-hydroxylation sites is 1. The molecule has 20 heavy (non-hydrogen) atoms. The number of carbonyl (C=O) groups excluding carboxylic acids is 1. The lowest BCUT2D eigenvalue weighted by molar-refractivity contribution is -0.122. The van der Waals surface area contributed by atoms with E-state index in [4.69, 9.17) is 0 Å². The van der Waals surface area contributed by atoms with Gasteiger partial charge in [0.25, 0.3) is 0 Å². The molecule has 2 aliphatic heterocycles. The van der Waals surface area contributed by atoms with Crippen molar-refractivity contribution in [3.05, 3.63) is 30.1 Å². The molecule has 1 atom stereocenters. The van der Waals surface area contributed by atoms with Crippen LogP contribution in [-0.2, 0) is 4.79 Å². The maximum Gasteiger partial charge on any atom is 0.244 e. The van der Waals surface area contributed by atoms with Crippen LogP contribution in [0.5, 0.6) is 0 Å². The van der Waals surface area contributed by atoms with Crippen molar-refractivity contribution in [1.29, 1.82) is 0 Å². The number of benzene rings is 1. The molecule has 3 rings (SSSR count). The number of aliphatic hydroxyl groups is 1. The molecular formula is C15H19FN2O2. The van der Waals surface area contributed by atoms with Crippen LogP contribution in [0.15, 0.2) is 24.3 Å². The summed E-state index contributed by atoms with van der Waals surface area (Å²) in [6.45, 7) is 2.04. The molecule has 5 heteroatoms. The summed E-state index contributed by atoms with van der Waals surface area (Å²) >= 11 is 0. The summed E-state index contributed by atoms with van der Waals surface area (Å²) in [4.78, 5) is 16.2. The summed E-state index contributed by atoms with van der Waals surface area (Å²) in [5.74, 6) is -0.373. The highest BCUT2D eigenvalue weighted by Gasteiger charge is 2.38. The van der Waals surface area contributed by atoms with Crippen molar-refractivity contribution in [2.24, 2.45) is 0 Å². The lowest BCUT2D eigenvalue weighted by Crippen LogP contribution is -2.46. The normalized spacial score (nSPS) is 25.4. The molecule has 0 aliphatic carbocycles. The molecule has 0 saturated carbocycles. The van der Waals surface area contributed by atoms with E-state index in [9.17, 15) is 14.3 Å². The minimum absolute atomic E-state index is 0.0218. The second kappa shape index (κ2) is 5.50. The Morgan fingerprint density at radius 2 is 1.80 bits per heavy atom. The number of piperidine rings is 1. The zero-order valence-electron chi connectivity index (χ0n) is 11.3. The van der Waals surface area contributed by atoms with E-state index in [0.29, 0.717) is 25.1 Å². The van der Waals surface area contributed by atoms with Gasteiger partial charge in [-0.15, -0.1) is 0 Å². The van der Waals surface area contributed by atoms with Gasteiger partial charge in [0.15, 0.2) is 0 Å². The fourth-order valence-corrected chi connectivity index (χ4v) is 3.11. The highest BCUT2D eigenvalue weighted by atomic mass is 19.1. The molecule has 1 aromatic carbocycles. The first-order chi connectivity index (χ1) is 9.66. The summed E-state index contributed by atoms with van der Waals surface area (Å²) in [6, 6.07) is 6.24. The lowest BCUT2D eigenvalue weighted by atomic mass is 10.1. The molecule has 2 fully saturated rings. The summed E-state index contributed by atoms with van der Waals surface area (Å²) in [7, 11) is 0. The van der Waals surface area contributed by atoms with Gasteiger partial charge < -0.3 is 10.0 Å². The molecule has 1 aromatic rings. The molecule has 0 spiro atoms. The second-order valence-corrected chi connectivity index (χ2v) is 5.51. The molecule has 0 bridgehead atoms. The van der Waals surface area contributed by atoms with Crippen LogP contribution in [-0.4, -0.2) is 47.7 Å². The van der Waals surface area contributed by atoms with E-state index in [2.05, 4.69) is 4.90 Å². The van der Waals surface area contributed by atoms with Gasteiger partial charge in [0.05, 0.1) is 17.8 Å². The predicted molar refractivity (Wildman–Crippen MR) is 74.0 cm³/mol. The van der Waals surface area contributed by atoms with Gasteiger partial charge in [-0.3, -0.25) is 9.69 Å². The fraction of sp³-hybridized carbons (Fsp3) is 0.533. The lowest BCUT2D eigenvalue weighted by Gasteiger charge is -2.33. The molecule has 0 aromatic heterocycles. The van der Waals surface area contributed by atoms with E-state index in [1.807, 2.05) is 0 Å². The quantitative estimate of drug-likeness (QED) is 0.889. The minimum atomic E-state index is -0.351. The Morgan fingerprint density at radius 3 is 2.50 bits per heavy atom. The number of anilines is 1. The maximum atomic E-state index is 13.8. The van der Waals surface area contributed by atoms with Crippen LogP contribution in [0.25, 0.3) is 0 Å². The molecule has 4 nitrogen and oxygen atoms in total. The SMILES string of the molecule is O=C1C(N2CCC(O)CC2)CCN1c1ccccc1F. The molecule has 0 radical (unpaired) electrons. The van der Waals surface area contributed by atoms with E-state index >= 15 is 0 Å². The average molecular weight is 278 g/mol. The Morgan fingerprint density at radius 1 is 1.10 bits per heavy atom. The Bertz CT molecular complexity index is 500. The van der Waals surface area contributed by atoms with Crippen LogP contribution in [0.4, 0.5) is 10.1 Å². The van der Waals surface area contributed by atoms with Gasteiger partial charge in [-0.2, -0.15) is 0 Å². The maximum absolute atomic E-state index is 13.8. The standard InChI is InChI=1S/C15H19FN2O2/c16-12-3-1-2-4-13(12)18-10-7-14(15(18)20)17-8-5-11(19)6-9-17/h1-4,11,14,19H,5-10H2. The van der Waals surface area contributed by atoms with Crippen molar-refractivity contribution in [1.82, 2.24) is 4.90 Å². The van der Waals surface area contributed by atoms with Crippen LogP contribution < -0.4 is 4.90 Å². The molecule has 2 aliphatic rings. The smallest absolute Gasteiger partial charge is 0.244 e. The minimum Gasteiger partial charge on any atom is -0.393 e. The van der Waals surface area contributed by atoms with E-state index in [-0.39, 0.29) is 23.9 Å². The van der Waals surface area contributed by atoms with Gasteiger partial charge in [-0.25, -0.2) is 4.39 Å². The number of likely N-dealkylation sites (tertiary alicyclic amines) is 1. The summed E-state index contributed by atoms with van der Waals surface area (Å²) in [6.07, 6.45) is 1.90. The number of hydrogen-bond donors (Lipinski definition) is 1. The Kier molecular flexibility index (Phi) is 3.72. The van der Waals surface area contributed by atoms with Crippen molar-refractivity contribution in [2.45, 2.75) is 31.4 Å². The molecule has 2 saturated heterocycles. The topological polar surface area (TPSA) is 43.8 Å². The van der Waals surface area contributed by atoms with Crippen LogP contribution >= 0.6 is 0 Å². The Labute approximate surface area is 117 Å². The van der Waals surface area contributed by atoms with Crippen LogP contribution in [0, 0.1) is 5.82 Å². The predicted octanol–water partition coefficient (Wildman–Crippen LogP) is 1.39. The van der Waals surface area contributed by atoms with Crippen molar-refractivity contribution >= 4 is 11.6 Å². The van der Waals surface area contributed by atoms with Gasteiger partial charge >= 0.3 is 0 Å². The number of rotatable bonds is 2. The highest BCUT2D eigenvalue weighted by Crippen LogP contribution is 2.28. The van der Waals surface area contributed by atoms with Gasteiger partial charge in [0, 0.05) is 19.6 Å². The van der Waals surface area contributed by atoms with Gasteiger partial charge in [0.1, 0.15) is 5.82 Å². The van der Waals surface area contributed by atoms with Gasteiger partial charge in [-0.1, -0.05) is 12.1 Å². The van der Waals surface area contributed by atoms with Gasteiger partial charge in [-0.05, 0) is 31.4 Å². The number of halogens is 1. The monoisotopic (exact) mass is 278 g/mol. The second-order valence-electron chi connectivity index (χ2n) is 5.51. The zero-order chi connectivity index (χ0) is 14.1. The number of hydrogen-bond acceptors (Lipinski definition) is 3. The number of amides is 1. The van der Waals surface area contributed by atoms with Crippen LogP contribution in [0.2, 0.25) is 0 Å². The third-order valence-corrected chi connectivity index (χ3v) is 4.26. The largest absolute Gasteiger partial charge is 0.393 e. The first-order valence-electron chi connectivity index (χ1n) is 7.15. The summed E-state index contributed by atoms with van der Waals surface area (Å²) in [5.41, 5.74) is 0.372. The molecule has 1 amide bonds. The van der Waals surface area contributed by atoms with E-state index in [0.717, 1.165) is 19.5 Å². The highest BCUT2D eigenvalue weighted by molar-refractivity contribution is 5.99. The summed E-state index contributed by atoms with van der Waals surface area (Å²) in [5, 5.41) is 9.53. The molecule has 1 N–H and O–H groups in total. The van der Waals surface area contributed by atoms with Crippen molar-refractivity contribution < 1.29 is 14.3 Å². The third kappa shape index (κ3) is 2.43. The number of aliphatic hydroxyl groups excluding tert-OH is 1. The fourth-order valence-electron chi connectivity index (χ4n) is 3.11. The van der Waals surface area contributed by atoms with Crippen molar-refractivity contribution in [2.75, 3.05) is 24.5 Å². The zero-order valence-corrected chi connectivity index (χ0v) is 11.3.